The molecule has 1 aliphatic rings. The summed E-state index contributed by atoms with van der Waals surface area (Å²) in [5.74, 6) is 1.22. The molecule has 3 aromatic rings. The number of ketones is 1. The minimum absolute atomic E-state index is 0.0345. The Morgan fingerprint density at radius 1 is 1.00 bits per heavy atom. The number of allylic oxidation sites excluding steroid dienone is 1. The molecule has 1 heterocycles. The quantitative estimate of drug-likeness (QED) is 0.325. The number of nitrogens with zero attached hydrogens (tertiary/aromatic N) is 1. The summed E-state index contributed by atoms with van der Waals surface area (Å²) in [6.07, 6.45) is 1.73. The Bertz CT molecular complexity index is 1160. The molecule has 0 atom stereocenters. The molecular formula is C24H19NO5. The first-order valence-electron chi connectivity index (χ1n) is 9.43. The van der Waals surface area contributed by atoms with Gasteiger partial charge in [0.25, 0.3) is 5.69 Å². The average Bonchev–Trinajstić information content (AvgIpc) is 3.06. The number of ether oxygens (including phenoxy) is 2. The summed E-state index contributed by atoms with van der Waals surface area (Å²) in [5.41, 5.74) is 4.11. The van der Waals surface area contributed by atoms with E-state index in [1.807, 2.05) is 38.1 Å². The van der Waals surface area contributed by atoms with Crippen molar-refractivity contribution in [3.05, 3.63) is 104 Å². The third kappa shape index (κ3) is 3.80. The molecular weight excluding hydrogens is 382 g/mol. The minimum atomic E-state index is -0.439. The molecule has 0 aromatic heterocycles. The van der Waals surface area contributed by atoms with Crippen molar-refractivity contribution >= 4 is 17.5 Å². The zero-order valence-corrected chi connectivity index (χ0v) is 16.5. The first-order chi connectivity index (χ1) is 14.4. The van der Waals surface area contributed by atoms with Gasteiger partial charge in [-0.1, -0.05) is 29.8 Å². The standard InChI is InChI=1S/C24H19NO5/c1-15-3-5-17(6-4-15)13-22-23(26)20-11-12-21(16(2)24(20)30-22)29-14-18-7-9-19(10-8-18)25(27)28/h3-13H,14H2,1-2H3/b22-13-. The number of aryl methyl sites for hydroxylation is 1. The lowest BCUT2D eigenvalue weighted by atomic mass is 10.1. The molecule has 6 heteroatoms. The molecule has 0 unspecified atom stereocenters. The van der Waals surface area contributed by atoms with Crippen molar-refractivity contribution in [3.8, 4) is 11.5 Å². The highest BCUT2D eigenvalue weighted by molar-refractivity contribution is 6.14. The summed E-state index contributed by atoms with van der Waals surface area (Å²) < 4.78 is 11.7. The van der Waals surface area contributed by atoms with Crippen LogP contribution in [0.1, 0.15) is 32.6 Å². The molecule has 6 nitrogen and oxygen atoms in total. The summed E-state index contributed by atoms with van der Waals surface area (Å²) in [6.45, 7) is 4.09. The average molecular weight is 401 g/mol. The van der Waals surface area contributed by atoms with E-state index in [2.05, 4.69) is 0 Å². The van der Waals surface area contributed by atoms with Crippen molar-refractivity contribution in [2.75, 3.05) is 0 Å². The van der Waals surface area contributed by atoms with E-state index in [4.69, 9.17) is 9.47 Å². The van der Waals surface area contributed by atoms with Gasteiger partial charge in [-0.2, -0.15) is 0 Å². The van der Waals surface area contributed by atoms with E-state index in [0.717, 1.165) is 22.3 Å². The number of hydrogen-bond donors (Lipinski definition) is 0. The van der Waals surface area contributed by atoms with Crippen LogP contribution in [0.2, 0.25) is 0 Å². The van der Waals surface area contributed by atoms with Gasteiger partial charge in [0.1, 0.15) is 18.1 Å². The third-order valence-corrected chi connectivity index (χ3v) is 4.95. The fraction of sp³-hybridized carbons (Fsp3) is 0.125. The molecule has 0 amide bonds. The van der Waals surface area contributed by atoms with Gasteiger partial charge in [-0.25, -0.2) is 0 Å². The highest BCUT2D eigenvalue weighted by Crippen LogP contribution is 2.39. The number of carbonyl (C=O) groups is 1. The number of hydrogen-bond acceptors (Lipinski definition) is 5. The van der Waals surface area contributed by atoms with Crippen LogP contribution < -0.4 is 9.47 Å². The topological polar surface area (TPSA) is 78.7 Å². The fourth-order valence-electron chi connectivity index (χ4n) is 3.21. The lowest BCUT2D eigenvalue weighted by Crippen LogP contribution is -1.99. The molecule has 0 spiro atoms. The lowest BCUT2D eigenvalue weighted by molar-refractivity contribution is -0.384. The molecule has 30 heavy (non-hydrogen) atoms. The van der Waals surface area contributed by atoms with E-state index in [0.29, 0.717) is 17.1 Å². The molecule has 4 rings (SSSR count). The highest BCUT2D eigenvalue weighted by atomic mass is 16.6. The predicted octanol–water partition coefficient (Wildman–Crippen LogP) is 5.41. The number of Topliss-reactive ketones (excluding diaryl/α,β-unsaturated/α-hetero) is 1. The molecule has 0 fully saturated rings. The van der Waals surface area contributed by atoms with E-state index in [-0.39, 0.29) is 23.8 Å². The summed E-state index contributed by atoms with van der Waals surface area (Å²) in [5, 5.41) is 10.8. The second-order valence-corrected chi connectivity index (χ2v) is 7.13. The van der Waals surface area contributed by atoms with Crippen LogP contribution in [-0.2, 0) is 6.61 Å². The van der Waals surface area contributed by atoms with Crippen LogP contribution >= 0.6 is 0 Å². The van der Waals surface area contributed by atoms with E-state index >= 15 is 0 Å². The predicted molar refractivity (Wildman–Crippen MR) is 113 cm³/mol. The second-order valence-electron chi connectivity index (χ2n) is 7.13. The van der Waals surface area contributed by atoms with Crippen LogP contribution in [0.4, 0.5) is 5.69 Å². The van der Waals surface area contributed by atoms with Crippen molar-refractivity contribution < 1.29 is 19.2 Å². The first kappa shape index (κ1) is 19.4. The monoisotopic (exact) mass is 401 g/mol. The van der Waals surface area contributed by atoms with Crippen LogP contribution in [0.15, 0.2) is 66.4 Å². The van der Waals surface area contributed by atoms with Gasteiger partial charge in [0.05, 0.1) is 10.5 Å². The number of carbonyl (C=O) groups excluding carboxylic acids is 1. The third-order valence-electron chi connectivity index (χ3n) is 4.95. The number of nitro groups is 1. The Balaban J connectivity index is 1.52. The number of benzene rings is 3. The molecule has 0 bridgehead atoms. The maximum absolute atomic E-state index is 12.7. The van der Waals surface area contributed by atoms with Crippen LogP contribution in [0, 0.1) is 24.0 Å². The van der Waals surface area contributed by atoms with Gasteiger partial charge in [-0.05, 0) is 55.3 Å². The normalized spacial score (nSPS) is 13.8. The lowest BCUT2D eigenvalue weighted by Gasteiger charge is -2.11. The van der Waals surface area contributed by atoms with Gasteiger partial charge in [0.15, 0.2) is 5.76 Å². The Morgan fingerprint density at radius 2 is 1.70 bits per heavy atom. The van der Waals surface area contributed by atoms with Crippen LogP contribution in [0.25, 0.3) is 6.08 Å². The zero-order chi connectivity index (χ0) is 21.3. The molecule has 0 saturated carbocycles. The highest BCUT2D eigenvalue weighted by Gasteiger charge is 2.30. The largest absolute Gasteiger partial charge is 0.488 e. The van der Waals surface area contributed by atoms with Gasteiger partial charge in [0, 0.05) is 17.7 Å². The molecule has 0 N–H and O–H groups in total. The van der Waals surface area contributed by atoms with E-state index in [9.17, 15) is 14.9 Å². The Labute approximate surface area is 173 Å². The van der Waals surface area contributed by atoms with Gasteiger partial charge in [0.2, 0.25) is 5.78 Å². The molecule has 1 aliphatic heterocycles. The number of nitro benzene ring substituents is 1. The first-order valence-corrected chi connectivity index (χ1v) is 9.43. The number of fused-ring (bicyclic) bond motifs is 1. The summed E-state index contributed by atoms with van der Waals surface area (Å²) >= 11 is 0. The number of non-ortho nitro benzene ring substituents is 1. The Hall–Kier alpha value is -3.93. The van der Waals surface area contributed by atoms with Gasteiger partial charge >= 0.3 is 0 Å². The van der Waals surface area contributed by atoms with E-state index in [1.165, 1.54) is 12.1 Å². The SMILES string of the molecule is Cc1ccc(/C=C2\Oc3c(ccc(OCc4ccc([N+](=O)[O-])cc4)c3C)C2=O)cc1. The Morgan fingerprint density at radius 3 is 2.37 bits per heavy atom. The summed E-state index contributed by atoms with van der Waals surface area (Å²) in [7, 11) is 0. The van der Waals surface area contributed by atoms with Gasteiger partial charge in [-0.15, -0.1) is 0 Å². The second kappa shape index (κ2) is 7.83. The Kier molecular flexibility index (Phi) is 5.06. The van der Waals surface area contributed by atoms with E-state index < -0.39 is 4.92 Å². The van der Waals surface area contributed by atoms with Gasteiger partial charge in [-0.3, -0.25) is 14.9 Å². The van der Waals surface area contributed by atoms with Crippen molar-refractivity contribution in [1.29, 1.82) is 0 Å². The summed E-state index contributed by atoms with van der Waals surface area (Å²) in [6, 6.07) is 17.5. The molecule has 0 aliphatic carbocycles. The smallest absolute Gasteiger partial charge is 0.269 e. The summed E-state index contributed by atoms with van der Waals surface area (Å²) in [4.78, 5) is 23.0. The van der Waals surface area contributed by atoms with E-state index in [1.54, 1.807) is 30.3 Å². The maximum Gasteiger partial charge on any atom is 0.269 e. The maximum atomic E-state index is 12.7. The van der Waals surface area contributed by atoms with Crippen molar-refractivity contribution in [3.63, 3.8) is 0 Å². The minimum Gasteiger partial charge on any atom is -0.488 e. The molecule has 3 aromatic carbocycles. The zero-order valence-electron chi connectivity index (χ0n) is 16.5. The number of rotatable bonds is 5. The van der Waals surface area contributed by atoms with Crippen molar-refractivity contribution in [2.24, 2.45) is 0 Å². The van der Waals surface area contributed by atoms with Crippen molar-refractivity contribution in [1.82, 2.24) is 0 Å². The molecule has 0 radical (unpaired) electrons. The molecule has 150 valence electrons. The van der Waals surface area contributed by atoms with Crippen LogP contribution in [0.3, 0.4) is 0 Å². The van der Waals surface area contributed by atoms with Crippen LogP contribution in [0.5, 0.6) is 11.5 Å². The van der Waals surface area contributed by atoms with Crippen molar-refractivity contribution in [2.45, 2.75) is 20.5 Å². The molecule has 0 saturated heterocycles. The van der Waals surface area contributed by atoms with Crippen LogP contribution in [-0.4, -0.2) is 10.7 Å². The van der Waals surface area contributed by atoms with Gasteiger partial charge < -0.3 is 9.47 Å². The fourth-order valence-corrected chi connectivity index (χ4v) is 3.21.